The Morgan fingerprint density at radius 2 is 1.94 bits per heavy atom. The maximum atomic E-state index is 11.7. The molecule has 1 amide bonds. The molecular formula is C14H26ClNO. The lowest BCUT2D eigenvalue weighted by Gasteiger charge is -2.21. The molecule has 1 saturated carbocycles. The van der Waals surface area contributed by atoms with Gasteiger partial charge in [0, 0.05) is 13.0 Å². The molecule has 0 aromatic carbocycles. The average Bonchev–Trinajstić information content (AvgIpc) is 2.27. The second-order valence-corrected chi connectivity index (χ2v) is 6.36. The van der Waals surface area contributed by atoms with Crippen LogP contribution in [0.3, 0.4) is 0 Å². The van der Waals surface area contributed by atoms with Crippen molar-refractivity contribution >= 4 is 17.5 Å². The second-order valence-electron chi connectivity index (χ2n) is 5.74. The Bertz CT molecular complexity index is 224. The van der Waals surface area contributed by atoms with Gasteiger partial charge in [-0.2, -0.15) is 0 Å². The molecule has 1 N–H and O–H groups in total. The Labute approximate surface area is 110 Å². The van der Waals surface area contributed by atoms with Crippen molar-refractivity contribution in [1.82, 2.24) is 5.32 Å². The van der Waals surface area contributed by atoms with Crippen molar-refractivity contribution in [2.24, 2.45) is 11.8 Å². The smallest absolute Gasteiger partial charge is 0.220 e. The van der Waals surface area contributed by atoms with E-state index in [1.807, 2.05) is 0 Å². The Kier molecular flexibility index (Phi) is 6.94. The van der Waals surface area contributed by atoms with E-state index in [0.717, 1.165) is 6.42 Å². The summed E-state index contributed by atoms with van der Waals surface area (Å²) in [6.45, 7) is 4.92. The topological polar surface area (TPSA) is 29.1 Å². The molecule has 2 nitrogen and oxygen atoms in total. The number of hydrogen-bond acceptors (Lipinski definition) is 1. The molecule has 1 rings (SSSR count). The Balaban J connectivity index is 2.11. The lowest BCUT2D eigenvalue weighted by atomic mass is 9.87. The molecule has 17 heavy (non-hydrogen) atoms. The molecule has 0 bridgehead atoms. The van der Waals surface area contributed by atoms with Crippen LogP contribution in [0.2, 0.25) is 0 Å². The molecule has 3 heteroatoms. The third kappa shape index (κ3) is 6.92. The van der Waals surface area contributed by atoms with Gasteiger partial charge in [0.2, 0.25) is 5.91 Å². The summed E-state index contributed by atoms with van der Waals surface area (Å²) in [6.07, 6.45) is 8.05. The molecule has 0 saturated heterocycles. The third-order valence-electron chi connectivity index (χ3n) is 3.45. The fourth-order valence-electron chi connectivity index (χ4n) is 2.55. The van der Waals surface area contributed by atoms with Gasteiger partial charge in [0.1, 0.15) is 0 Å². The van der Waals surface area contributed by atoms with E-state index in [1.54, 1.807) is 0 Å². The maximum absolute atomic E-state index is 11.7. The molecule has 0 aromatic rings. The van der Waals surface area contributed by atoms with Crippen LogP contribution < -0.4 is 5.32 Å². The SMILES string of the molecule is CC(C)CC(Cl)CNC(=O)CC1CCCCC1. The van der Waals surface area contributed by atoms with Crippen molar-refractivity contribution in [3.63, 3.8) is 0 Å². The van der Waals surface area contributed by atoms with Crippen LogP contribution in [-0.2, 0) is 4.79 Å². The van der Waals surface area contributed by atoms with E-state index < -0.39 is 0 Å². The third-order valence-corrected chi connectivity index (χ3v) is 3.78. The summed E-state index contributed by atoms with van der Waals surface area (Å²) in [5.41, 5.74) is 0. The first-order chi connectivity index (χ1) is 8.08. The lowest BCUT2D eigenvalue weighted by molar-refractivity contribution is -0.122. The number of amides is 1. The Morgan fingerprint density at radius 3 is 2.53 bits per heavy atom. The first-order valence-electron chi connectivity index (χ1n) is 6.98. The lowest BCUT2D eigenvalue weighted by Crippen LogP contribution is -2.31. The fraction of sp³-hybridized carbons (Fsp3) is 0.929. The molecule has 0 radical (unpaired) electrons. The van der Waals surface area contributed by atoms with Crippen LogP contribution in [-0.4, -0.2) is 17.8 Å². The van der Waals surface area contributed by atoms with E-state index in [9.17, 15) is 4.79 Å². The van der Waals surface area contributed by atoms with Gasteiger partial charge in [-0.25, -0.2) is 0 Å². The minimum absolute atomic E-state index is 0.0744. The zero-order valence-corrected chi connectivity index (χ0v) is 11.9. The monoisotopic (exact) mass is 259 g/mol. The van der Waals surface area contributed by atoms with Crippen molar-refractivity contribution in [1.29, 1.82) is 0 Å². The van der Waals surface area contributed by atoms with Crippen molar-refractivity contribution in [2.45, 2.75) is 64.2 Å². The summed E-state index contributed by atoms with van der Waals surface area (Å²) in [7, 11) is 0. The van der Waals surface area contributed by atoms with Gasteiger partial charge in [0.05, 0.1) is 5.38 Å². The minimum Gasteiger partial charge on any atom is -0.355 e. The first-order valence-corrected chi connectivity index (χ1v) is 7.42. The van der Waals surface area contributed by atoms with E-state index in [1.165, 1.54) is 32.1 Å². The number of halogens is 1. The molecular weight excluding hydrogens is 234 g/mol. The fourth-order valence-corrected chi connectivity index (χ4v) is 2.98. The number of rotatable bonds is 6. The van der Waals surface area contributed by atoms with Crippen LogP contribution in [0.5, 0.6) is 0 Å². The summed E-state index contributed by atoms with van der Waals surface area (Å²) in [5, 5.41) is 3.04. The molecule has 1 aliphatic carbocycles. The van der Waals surface area contributed by atoms with E-state index in [0.29, 0.717) is 24.8 Å². The molecule has 0 aliphatic heterocycles. The van der Waals surface area contributed by atoms with Crippen LogP contribution in [0.1, 0.15) is 58.8 Å². The van der Waals surface area contributed by atoms with Gasteiger partial charge < -0.3 is 5.32 Å². The first kappa shape index (κ1) is 14.8. The van der Waals surface area contributed by atoms with Crippen LogP contribution in [0.4, 0.5) is 0 Å². The van der Waals surface area contributed by atoms with Gasteiger partial charge in [-0.15, -0.1) is 11.6 Å². The highest BCUT2D eigenvalue weighted by Gasteiger charge is 2.17. The molecule has 1 unspecified atom stereocenters. The summed E-state index contributed by atoms with van der Waals surface area (Å²) in [6, 6.07) is 0. The number of hydrogen-bond donors (Lipinski definition) is 1. The van der Waals surface area contributed by atoms with Crippen LogP contribution in [0.25, 0.3) is 0 Å². The number of alkyl halides is 1. The van der Waals surface area contributed by atoms with Crippen molar-refractivity contribution in [2.75, 3.05) is 6.54 Å². The predicted molar refractivity (Wildman–Crippen MR) is 73.3 cm³/mol. The van der Waals surface area contributed by atoms with Crippen molar-refractivity contribution in [3.8, 4) is 0 Å². The predicted octanol–water partition coefficient (Wildman–Crippen LogP) is 3.73. The van der Waals surface area contributed by atoms with Gasteiger partial charge in [-0.3, -0.25) is 4.79 Å². The normalized spacial score (nSPS) is 19.3. The standard InChI is InChI=1S/C14H26ClNO/c1-11(2)8-13(15)10-16-14(17)9-12-6-4-3-5-7-12/h11-13H,3-10H2,1-2H3,(H,16,17). The number of nitrogens with one attached hydrogen (secondary N) is 1. The zero-order valence-electron chi connectivity index (χ0n) is 11.2. The highest BCUT2D eigenvalue weighted by atomic mass is 35.5. The van der Waals surface area contributed by atoms with Gasteiger partial charge in [0.15, 0.2) is 0 Å². The molecule has 1 atom stereocenters. The van der Waals surface area contributed by atoms with Gasteiger partial charge in [-0.1, -0.05) is 33.1 Å². The van der Waals surface area contributed by atoms with E-state index in [4.69, 9.17) is 11.6 Å². The molecule has 0 aromatic heterocycles. The van der Waals surface area contributed by atoms with Gasteiger partial charge >= 0.3 is 0 Å². The van der Waals surface area contributed by atoms with E-state index >= 15 is 0 Å². The van der Waals surface area contributed by atoms with Crippen LogP contribution in [0.15, 0.2) is 0 Å². The minimum atomic E-state index is 0.0744. The summed E-state index contributed by atoms with van der Waals surface area (Å²) in [4.78, 5) is 11.7. The molecule has 0 spiro atoms. The second kappa shape index (κ2) is 7.97. The Morgan fingerprint density at radius 1 is 1.29 bits per heavy atom. The van der Waals surface area contributed by atoms with E-state index in [-0.39, 0.29) is 11.3 Å². The number of carbonyl (C=O) groups excluding carboxylic acids is 1. The average molecular weight is 260 g/mol. The highest BCUT2D eigenvalue weighted by molar-refractivity contribution is 6.20. The van der Waals surface area contributed by atoms with Crippen LogP contribution >= 0.6 is 11.6 Å². The summed E-state index contributed by atoms with van der Waals surface area (Å²) in [5.74, 6) is 1.39. The van der Waals surface area contributed by atoms with Crippen molar-refractivity contribution in [3.05, 3.63) is 0 Å². The largest absolute Gasteiger partial charge is 0.355 e. The molecule has 1 fully saturated rings. The molecule has 100 valence electrons. The van der Waals surface area contributed by atoms with Crippen molar-refractivity contribution < 1.29 is 4.79 Å². The van der Waals surface area contributed by atoms with Gasteiger partial charge in [0.25, 0.3) is 0 Å². The number of carbonyl (C=O) groups is 1. The maximum Gasteiger partial charge on any atom is 0.220 e. The molecule has 1 aliphatic rings. The zero-order chi connectivity index (χ0) is 12.7. The highest BCUT2D eigenvalue weighted by Crippen LogP contribution is 2.26. The summed E-state index contributed by atoms with van der Waals surface area (Å²) >= 11 is 6.15. The molecule has 0 heterocycles. The Hall–Kier alpha value is -0.240. The quantitative estimate of drug-likeness (QED) is 0.724. The van der Waals surface area contributed by atoms with Crippen LogP contribution in [0, 0.1) is 11.8 Å². The van der Waals surface area contributed by atoms with Gasteiger partial charge in [-0.05, 0) is 31.1 Å². The summed E-state index contributed by atoms with van der Waals surface area (Å²) < 4.78 is 0. The van der Waals surface area contributed by atoms with E-state index in [2.05, 4.69) is 19.2 Å².